The van der Waals surface area contributed by atoms with E-state index >= 15 is 0 Å². The van der Waals surface area contributed by atoms with Crippen LogP contribution in [0.15, 0.2) is 22.7 Å². The van der Waals surface area contributed by atoms with Crippen LogP contribution in [0.2, 0.25) is 0 Å². The summed E-state index contributed by atoms with van der Waals surface area (Å²) < 4.78 is 8.92. The lowest BCUT2D eigenvalue weighted by atomic mass is 10.2. The van der Waals surface area contributed by atoms with Gasteiger partial charge in [0.2, 0.25) is 0 Å². The molecule has 1 aromatic heterocycles. The molecule has 1 saturated heterocycles. The fourth-order valence-electron chi connectivity index (χ4n) is 3.56. The maximum Gasteiger partial charge on any atom is 0.269 e. The van der Waals surface area contributed by atoms with E-state index in [0.29, 0.717) is 25.4 Å². The Hall–Kier alpha value is -1.90. The molecule has 3 heterocycles. The highest BCUT2D eigenvalue weighted by Crippen LogP contribution is 2.35. The van der Waals surface area contributed by atoms with Crippen molar-refractivity contribution in [2.24, 2.45) is 5.73 Å². The third kappa shape index (κ3) is 3.24. The van der Waals surface area contributed by atoms with Gasteiger partial charge in [-0.25, -0.2) is 4.98 Å². The lowest BCUT2D eigenvalue weighted by Gasteiger charge is -2.32. The lowest BCUT2D eigenvalue weighted by molar-refractivity contribution is 0.0991. The molecule has 2 aliphatic rings. The molecule has 0 saturated carbocycles. The van der Waals surface area contributed by atoms with E-state index in [-0.39, 0.29) is 0 Å². The minimum absolute atomic E-state index is 0.367. The number of benzene rings is 1. The molecule has 2 aliphatic heterocycles. The van der Waals surface area contributed by atoms with Gasteiger partial charge in [0.1, 0.15) is 18.2 Å². The van der Waals surface area contributed by atoms with Crippen LogP contribution in [0.5, 0.6) is 5.75 Å². The second-order valence-electron chi connectivity index (χ2n) is 6.81. The Labute approximate surface area is 160 Å². The predicted molar refractivity (Wildman–Crippen MR) is 102 cm³/mol. The molecule has 8 heteroatoms. The van der Waals surface area contributed by atoms with Crippen LogP contribution >= 0.6 is 15.9 Å². The molecule has 0 unspecified atom stereocenters. The molecule has 4 rings (SSSR count). The third-order valence-electron chi connectivity index (χ3n) is 5.03. The van der Waals surface area contributed by atoms with Crippen LogP contribution in [0, 0.1) is 0 Å². The quantitative estimate of drug-likeness (QED) is 0.816. The Morgan fingerprint density at radius 1 is 1.27 bits per heavy atom. The SMILES string of the molecule is CN1CCN(Cc2c(C(N)=O)nc3n2CCOc2ccc(Br)cc2-3)CC1. The summed E-state index contributed by atoms with van der Waals surface area (Å²) in [7, 11) is 2.13. The highest BCUT2D eigenvalue weighted by atomic mass is 79.9. The number of ether oxygens (including phenoxy) is 1. The second kappa shape index (κ2) is 7.02. The fourth-order valence-corrected chi connectivity index (χ4v) is 3.92. The Balaban J connectivity index is 1.77. The van der Waals surface area contributed by atoms with Gasteiger partial charge in [0.05, 0.1) is 17.8 Å². The third-order valence-corrected chi connectivity index (χ3v) is 5.52. The molecular weight excluding hydrogens is 398 g/mol. The molecule has 0 aliphatic carbocycles. The number of hydrogen-bond acceptors (Lipinski definition) is 5. The fraction of sp³-hybridized carbons (Fsp3) is 0.444. The van der Waals surface area contributed by atoms with E-state index < -0.39 is 5.91 Å². The first kappa shape index (κ1) is 17.5. The van der Waals surface area contributed by atoms with Crippen LogP contribution in [0.1, 0.15) is 16.2 Å². The lowest BCUT2D eigenvalue weighted by Crippen LogP contribution is -2.44. The molecule has 26 heavy (non-hydrogen) atoms. The van der Waals surface area contributed by atoms with Crippen LogP contribution in [-0.4, -0.2) is 65.1 Å². The van der Waals surface area contributed by atoms with Gasteiger partial charge >= 0.3 is 0 Å². The number of nitrogens with zero attached hydrogens (tertiary/aromatic N) is 4. The average Bonchev–Trinajstić information content (AvgIpc) is 2.87. The molecule has 2 aromatic rings. The van der Waals surface area contributed by atoms with Crippen molar-refractivity contribution in [1.29, 1.82) is 0 Å². The first-order valence-corrected chi connectivity index (χ1v) is 9.55. The standard InChI is InChI=1S/C18H22BrN5O2/c1-22-4-6-23(7-5-22)11-14-16(17(20)25)21-18-13-10-12(19)2-3-15(13)26-9-8-24(14)18/h2-3,10H,4-9,11H2,1H3,(H2,20,25). The number of amides is 1. The van der Waals surface area contributed by atoms with Crippen molar-refractivity contribution in [3.63, 3.8) is 0 Å². The van der Waals surface area contributed by atoms with Crippen molar-refractivity contribution < 1.29 is 9.53 Å². The molecule has 1 aromatic carbocycles. The van der Waals surface area contributed by atoms with Gasteiger partial charge in [0.25, 0.3) is 5.91 Å². The van der Waals surface area contributed by atoms with Crippen LogP contribution in [0.4, 0.5) is 0 Å². The number of carbonyl (C=O) groups excluding carboxylic acids is 1. The number of likely N-dealkylation sites (N-methyl/N-ethyl adjacent to an activating group) is 1. The van der Waals surface area contributed by atoms with Crippen LogP contribution in [0.25, 0.3) is 11.4 Å². The zero-order chi connectivity index (χ0) is 18.3. The van der Waals surface area contributed by atoms with E-state index in [4.69, 9.17) is 10.5 Å². The smallest absolute Gasteiger partial charge is 0.269 e. The van der Waals surface area contributed by atoms with Gasteiger partial charge < -0.3 is 19.9 Å². The normalized spacial score (nSPS) is 17.9. The van der Waals surface area contributed by atoms with Crippen molar-refractivity contribution >= 4 is 21.8 Å². The number of halogens is 1. The van der Waals surface area contributed by atoms with Crippen molar-refractivity contribution in [1.82, 2.24) is 19.4 Å². The number of aromatic nitrogens is 2. The van der Waals surface area contributed by atoms with E-state index in [2.05, 4.69) is 42.3 Å². The van der Waals surface area contributed by atoms with Gasteiger partial charge in [0, 0.05) is 37.2 Å². The first-order valence-electron chi connectivity index (χ1n) is 8.76. The Kier molecular flexibility index (Phi) is 4.73. The highest BCUT2D eigenvalue weighted by molar-refractivity contribution is 9.10. The van der Waals surface area contributed by atoms with E-state index in [1.807, 2.05) is 18.2 Å². The Morgan fingerprint density at radius 3 is 2.77 bits per heavy atom. The zero-order valence-corrected chi connectivity index (χ0v) is 16.3. The first-order chi connectivity index (χ1) is 12.5. The molecule has 1 fully saturated rings. The number of hydrogen-bond donors (Lipinski definition) is 1. The molecule has 0 spiro atoms. The maximum absolute atomic E-state index is 12.1. The molecular formula is C18H22BrN5O2. The average molecular weight is 420 g/mol. The Morgan fingerprint density at radius 2 is 2.04 bits per heavy atom. The van der Waals surface area contributed by atoms with E-state index in [1.54, 1.807) is 0 Å². The number of imidazole rings is 1. The number of nitrogens with two attached hydrogens (primary N) is 1. The molecule has 2 N–H and O–H groups in total. The van der Waals surface area contributed by atoms with Gasteiger partial charge in [-0.3, -0.25) is 9.69 Å². The van der Waals surface area contributed by atoms with E-state index in [0.717, 1.165) is 53.5 Å². The molecule has 0 bridgehead atoms. The second-order valence-corrected chi connectivity index (χ2v) is 7.73. The molecule has 0 radical (unpaired) electrons. The number of fused-ring (bicyclic) bond motifs is 3. The molecule has 0 atom stereocenters. The van der Waals surface area contributed by atoms with Crippen LogP contribution in [-0.2, 0) is 13.1 Å². The Bertz CT molecular complexity index is 842. The van der Waals surface area contributed by atoms with Gasteiger partial charge in [-0.05, 0) is 25.2 Å². The van der Waals surface area contributed by atoms with Crippen LogP contribution < -0.4 is 10.5 Å². The van der Waals surface area contributed by atoms with Crippen molar-refractivity contribution in [3.8, 4) is 17.1 Å². The monoisotopic (exact) mass is 419 g/mol. The molecule has 138 valence electrons. The molecule has 1 amide bonds. The number of rotatable bonds is 3. The number of piperazine rings is 1. The summed E-state index contributed by atoms with van der Waals surface area (Å²) in [4.78, 5) is 21.4. The van der Waals surface area contributed by atoms with Crippen molar-refractivity contribution in [2.75, 3.05) is 39.8 Å². The summed E-state index contributed by atoms with van der Waals surface area (Å²) in [6.07, 6.45) is 0. The van der Waals surface area contributed by atoms with Gasteiger partial charge in [-0.2, -0.15) is 0 Å². The maximum atomic E-state index is 12.1. The number of carbonyl (C=O) groups is 1. The summed E-state index contributed by atoms with van der Waals surface area (Å²) in [6.45, 7) is 5.82. The van der Waals surface area contributed by atoms with Gasteiger partial charge in [-0.15, -0.1) is 0 Å². The van der Waals surface area contributed by atoms with Crippen molar-refractivity contribution in [3.05, 3.63) is 34.1 Å². The molecule has 7 nitrogen and oxygen atoms in total. The highest BCUT2D eigenvalue weighted by Gasteiger charge is 2.27. The van der Waals surface area contributed by atoms with Gasteiger partial charge in [-0.1, -0.05) is 15.9 Å². The van der Waals surface area contributed by atoms with Crippen LogP contribution in [0.3, 0.4) is 0 Å². The van der Waals surface area contributed by atoms with Crippen molar-refractivity contribution in [2.45, 2.75) is 13.1 Å². The zero-order valence-electron chi connectivity index (χ0n) is 14.7. The minimum atomic E-state index is -0.479. The van der Waals surface area contributed by atoms with E-state index in [9.17, 15) is 4.79 Å². The largest absolute Gasteiger partial charge is 0.491 e. The summed E-state index contributed by atoms with van der Waals surface area (Å²) in [5.74, 6) is 1.04. The predicted octanol–water partition coefficient (Wildman–Crippen LogP) is 1.55. The summed E-state index contributed by atoms with van der Waals surface area (Å²) >= 11 is 3.51. The topological polar surface area (TPSA) is 76.6 Å². The summed E-state index contributed by atoms with van der Waals surface area (Å²) in [5.41, 5.74) is 7.79. The number of primary amides is 1. The minimum Gasteiger partial charge on any atom is -0.491 e. The van der Waals surface area contributed by atoms with Gasteiger partial charge in [0.15, 0.2) is 5.69 Å². The summed E-state index contributed by atoms with van der Waals surface area (Å²) in [6, 6.07) is 5.84. The summed E-state index contributed by atoms with van der Waals surface area (Å²) in [5, 5.41) is 0. The van der Waals surface area contributed by atoms with E-state index in [1.165, 1.54) is 0 Å².